The van der Waals surface area contributed by atoms with E-state index in [0.717, 1.165) is 17.3 Å². The van der Waals surface area contributed by atoms with Crippen molar-refractivity contribution in [2.24, 2.45) is 5.41 Å². The third kappa shape index (κ3) is 1.88. The Morgan fingerprint density at radius 3 is 2.44 bits per heavy atom. The van der Waals surface area contributed by atoms with Crippen molar-refractivity contribution in [2.45, 2.75) is 18.9 Å². The topological polar surface area (TPSA) is 27.0 Å². The molecule has 2 rings (SSSR count). The van der Waals surface area contributed by atoms with Crippen molar-refractivity contribution in [3.63, 3.8) is 0 Å². The van der Waals surface area contributed by atoms with E-state index in [-0.39, 0.29) is 11.5 Å². The van der Waals surface area contributed by atoms with Crippen molar-refractivity contribution in [1.29, 1.82) is 5.26 Å². The standard InChI is InChI=1S/C13H15BrN2/c1-16(2)12(13(9-15)7-8-13)10-5-3-4-6-11(10)14/h3-6,12H,7-8H2,1-2H3. The first-order chi connectivity index (χ1) is 7.60. The van der Waals surface area contributed by atoms with Crippen molar-refractivity contribution in [3.05, 3.63) is 34.3 Å². The van der Waals surface area contributed by atoms with E-state index in [4.69, 9.17) is 0 Å². The molecule has 1 atom stereocenters. The number of halogens is 1. The second kappa shape index (κ2) is 4.20. The van der Waals surface area contributed by atoms with E-state index in [2.05, 4.69) is 33.0 Å². The maximum absolute atomic E-state index is 9.34. The molecule has 0 amide bonds. The summed E-state index contributed by atoms with van der Waals surface area (Å²) in [4.78, 5) is 2.15. The van der Waals surface area contributed by atoms with Crippen LogP contribution in [0.3, 0.4) is 0 Å². The van der Waals surface area contributed by atoms with Crippen LogP contribution in [0, 0.1) is 16.7 Å². The molecular formula is C13H15BrN2. The fraction of sp³-hybridized carbons (Fsp3) is 0.462. The molecule has 0 saturated heterocycles. The maximum Gasteiger partial charge on any atom is 0.0771 e. The summed E-state index contributed by atoms with van der Waals surface area (Å²) >= 11 is 3.58. The fourth-order valence-electron chi connectivity index (χ4n) is 2.35. The van der Waals surface area contributed by atoms with E-state index in [1.54, 1.807) is 0 Å². The molecule has 0 aromatic heterocycles. The van der Waals surface area contributed by atoms with E-state index in [0.29, 0.717) is 0 Å². The van der Waals surface area contributed by atoms with Crippen LogP contribution in [0.2, 0.25) is 0 Å². The predicted octanol–water partition coefficient (Wildman–Crippen LogP) is 3.36. The van der Waals surface area contributed by atoms with Crippen LogP contribution < -0.4 is 0 Å². The Labute approximate surface area is 105 Å². The zero-order chi connectivity index (χ0) is 11.8. The minimum atomic E-state index is -0.173. The number of rotatable bonds is 3. The van der Waals surface area contributed by atoms with Crippen LogP contribution in [-0.2, 0) is 0 Å². The van der Waals surface area contributed by atoms with E-state index < -0.39 is 0 Å². The summed E-state index contributed by atoms with van der Waals surface area (Å²) in [5.41, 5.74) is 1.04. The number of nitrogens with zero attached hydrogens (tertiary/aromatic N) is 2. The molecule has 0 N–H and O–H groups in total. The second-order valence-electron chi connectivity index (χ2n) is 4.66. The van der Waals surface area contributed by atoms with Gasteiger partial charge in [-0.2, -0.15) is 5.26 Å². The largest absolute Gasteiger partial charge is 0.301 e. The zero-order valence-electron chi connectivity index (χ0n) is 9.57. The molecule has 3 heteroatoms. The molecule has 16 heavy (non-hydrogen) atoms. The van der Waals surface area contributed by atoms with Gasteiger partial charge >= 0.3 is 0 Å². The molecule has 84 valence electrons. The number of hydrogen-bond donors (Lipinski definition) is 0. The molecule has 0 spiro atoms. The van der Waals surface area contributed by atoms with Gasteiger partial charge in [-0.3, -0.25) is 0 Å². The highest BCUT2D eigenvalue weighted by atomic mass is 79.9. The Morgan fingerprint density at radius 2 is 2.00 bits per heavy atom. The number of benzene rings is 1. The molecule has 1 aromatic rings. The Hall–Kier alpha value is -0.850. The van der Waals surface area contributed by atoms with Crippen molar-refractivity contribution in [1.82, 2.24) is 4.90 Å². The molecule has 0 bridgehead atoms. The fourth-order valence-corrected chi connectivity index (χ4v) is 2.85. The molecule has 1 fully saturated rings. The lowest BCUT2D eigenvalue weighted by molar-refractivity contribution is 0.231. The van der Waals surface area contributed by atoms with Crippen LogP contribution >= 0.6 is 15.9 Å². The Morgan fingerprint density at radius 1 is 1.38 bits per heavy atom. The van der Waals surface area contributed by atoms with Gasteiger partial charge in [-0.15, -0.1) is 0 Å². The summed E-state index contributed by atoms with van der Waals surface area (Å²) in [5.74, 6) is 0. The monoisotopic (exact) mass is 278 g/mol. The lowest BCUT2D eigenvalue weighted by Crippen LogP contribution is -2.28. The van der Waals surface area contributed by atoms with E-state index in [9.17, 15) is 5.26 Å². The molecule has 1 aliphatic rings. The highest BCUT2D eigenvalue weighted by molar-refractivity contribution is 9.10. The summed E-state index contributed by atoms with van der Waals surface area (Å²) in [6.45, 7) is 0. The maximum atomic E-state index is 9.34. The summed E-state index contributed by atoms with van der Waals surface area (Å²) in [5, 5.41) is 9.34. The van der Waals surface area contributed by atoms with E-state index in [1.807, 2.05) is 32.3 Å². The van der Waals surface area contributed by atoms with Gasteiger partial charge in [0.05, 0.1) is 17.5 Å². The van der Waals surface area contributed by atoms with Crippen LogP contribution in [-0.4, -0.2) is 19.0 Å². The first-order valence-corrected chi connectivity index (χ1v) is 6.22. The second-order valence-corrected chi connectivity index (χ2v) is 5.51. The van der Waals surface area contributed by atoms with E-state index >= 15 is 0 Å². The highest BCUT2D eigenvalue weighted by Gasteiger charge is 2.52. The van der Waals surface area contributed by atoms with Gasteiger partial charge in [0.1, 0.15) is 0 Å². The Bertz CT molecular complexity index is 430. The van der Waals surface area contributed by atoms with Crippen molar-refractivity contribution < 1.29 is 0 Å². The van der Waals surface area contributed by atoms with Gasteiger partial charge in [0.2, 0.25) is 0 Å². The SMILES string of the molecule is CN(C)C(c1ccccc1Br)C1(C#N)CC1. The molecule has 1 aromatic carbocycles. The molecule has 1 saturated carbocycles. The molecule has 0 radical (unpaired) electrons. The average molecular weight is 279 g/mol. The van der Waals surface area contributed by atoms with Crippen LogP contribution in [0.15, 0.2) is 28.7 Å². The van der Waals surface area contributed by atoms with Gasteiger partial charge in [0.15, 0.2) is 0 Å². The Balaban J connectivity index is 2.43. The number of hydrogen-bond acceptors (Lipinski definition) is 2. The lowest BCUT2D eigenvalue weighted by atomic mass is 9.90. The highest BCUT2D eigenvalue weighted by Crippen LogP contribution is 2.57. The van der Waals surface area contributed by atoms with Gasteiger partial charge in [-0.05, 0) is 38.6 Å². The van der Waals surface area contributed by atoms with Gasteiger partial charge in [0, 0.05) is 4.47 Å². The molecule has 2 nitrogen and oxygen atoms in total. The summed E-state index contributed by atoms with van der Waals surface area (Å²) in [7, 11) is 4.09. The molecule has 1 aliphatic carbocycles. The average Bonchev–Trinajstić information content (AvgIpc) is 3.02. The van der Waals surface area contributed by atoms with Crippen molar-refractivity contribution >= 4 is 15.9 Å². The summed E-state index contributed by atoms with van der Waals surface area (Å²) < 4.78 is 1.09. The van der Waals surface area contributed by atoms with Gasteiger partial charge in [-0.25, -0.2) is 0 Å². The zero-order valence-corrected chi connectivity index (χ0v) is 11.2. The van der Waals surface area contributed by atoms with Gasteiger partial charge < -0.3 is 4.90 Å². The van der Waals surface area contributed by atoms with E-state index in [1.165, 1.54) is 5.56 Å². The first-order valence-electron chi connectivity index (χ1n) is 5.43. The van der Waals surface area contributed by atoms with Crippen LogP contribution in [0.4, 0.5) is 0 Å². The lowest BCUT2D eigenvalue weighted by Gasteiger charge is -2.29. The molecule has 0 aliphatic heterocycles. The van der Waals surface area contributed by atoms with Gasteiger partial charge in [0.25, 0.3) is 0 Å². The Kier molecular flexibility index (Phi) is 3.05. The molecule has 0 heterocycles. The van der Waals surface area contributed by atoms with Crippen molar-refractivity contribution in [3.8, 4) is 6.07 Å². The van der Waals surface area contributed by atoms with Crippen LogP contribution in [0.1, 0.15) is 24.4 Å². The number of nitriles is 1. The minimum absolute atomic E-state index is 0.173. The predicted molar refractivity (Wildman–Crippen MR) is 67.9 cm³/mol. The smallest absolute Gasteiger partial charge is 0.0771 e. The molecular weight excluding hydrogens is 264 g/mol. The van der Waals surface area contributed by atoms with Crippen molar-refractivity contribution in [2.75, 3.05) is 14.1 Å². The third-order valence-corrected chi connectivity index (χ3v) is 3.97. The normalized spacial score (nSPS) is 19.2. The summed E-state index contributed by atoms with van der Waals surface area (Å²) in [6.07, 6.45) is 2.02. The van der Waals surface area contributed by atoms with Crippen LogP contribution in [0.5, 0.6) is 0 Å². The first kappa shape index (κ1) is 11.6. The quantitative estimate of drug-likeness (QED) is 0.848. The summed E-state index contributed by atoms with van der Waals surface area (Å²) in [6, 6.07) is 10.9. The minimum Gasteiger partial charge on any atom is -0.301 e. The van der Waals surface area contributed by atoms with Crippen LogP contribution in [0.25, 0.3) is 0 Å². The van der Waals surface area contributed by atoms with Gasteiger partial charge in [-0.1, -0.05) is 34.1 Å². The third-order valence-electron chi connectivity index (χ3n) is 3.25. The molecule has 1 unspecified atom stereocenters.